The van der Waals surface area contributed by atoms with Crippen LogP contribution in [0.25, 0.3) is 0 Å². The second-order valence-corrected chi connectivity index (χ2v) is 7.92. The normalized spacial score (nSPS) is 8.21. The van der Waals surface area contributed by atoms with Crippen molar-refractivity contribution in [1.82, 2.24) is 0 Å². The Labute approximate surface area is 325 Å². The molecule has 2 aromatic carbocycles. The van der Waals surface area contributed by atoms with Gasteiger partial charge in [-0.05, 0) is 82.3 Å². The molecule has 0 unspecified atom stereocenters. The van der Waals surface area contributed by atoms with E-state index in [0.29, 0.717) is 17.7 Å². The molecule has 0 fully saturated rings. The third-order valence-corrected chi connectivity index (χ3v) is 4.15. The van der Waals surface area contributed by atoms with Gasteiger partial charge in [-0.2, -0.15) is 0 Å². The maximum absolute atomic E-state index is 11.2. The number of halogens is 1. The summed E-state index contributed by atoms with van der Waals surface area (Å²) in [4.78, 5) is 33.2. The molecule has 0 aromatic heterocycles. The van der Waals surface area contributed by atoms with E-state index in [9.17, 15) is 9.59 Å². The minimum Gasteiger partial charge on any atom is -1.00 e. The Morgan fingerprint density at radius 2 is 1.23 bits per heavy atom. The SMILES string of the molecule is CC(C)=CCBr.COC(=O)c1ccc(O)cc1.COC(=O)c1ccc(OCC=C(C)C)cc1.O=CO[O-].[H-].[K+].[K+]. The molecule has 0 spiro atoms. The van der Waals surface area contributed by atoms with Crippen molar-refractivity contribution in [2.45, 2.75) is 27.7 Å². The topological polar surface area (TPSA) is 131 Å². The van der Waals surface area contributed by atoms with Gasteiger partial charge in [0.25, 0.3) is 6.47 Å². The molecule has 0 saturated heterocycles. The first-order chi connectivity index (χ1) is 17.6. The van der Waals surface area contributed by atoms with Crippen LogP contribution < -0.4 is 113 Å². The summed E-state index contributed by atoms with van der Waals surface area (Å²) in [5.74, 6) is 0.142. The van der Waals surface area contributed by atoms with Crippen molar-refractivity contribution in [3.8, 4) is 11.5 Å². The maximum atomic E-state index is 11.2. The van der Waals surface area contributed by atoms with Crippen LogP contribution in [0.3, 0.4) is 0 Å². The molecule has 0 amide bonds. The molecule has 0 aliphatic rings. The van der Waals surface area contributed by atoms with E-state index >= 15 is 0 Å². The fourth-order valence-electron chi connectivity index (χ4n) is 1.98. The number of carbonyl (C=O) groups excluding carboxylic acids is 3. The van der Waals surface area contributed by atoms with Gasteiger partial charge in [0, 0.05) is 5.33 Å². The third kappa shape index (κ3) is 27.6. The quantitative estimate of drug-likeness (QED) is 0.0748. The van der Waals surface area contributed by atoms with Crippen LogP contribution in [0.2, 0.25) is 0 Å². The van der Waals surface area contributed by atoms with Crippen molar-refractivity contribution in [3.05, 3.63) is 83.0 Å². The van der Waals surface area contributed by atoms with Gasteiger partial charge in [-0.25, -0.2) is 9.59 Å². The van der Waals surface area contributed by atoms with E-state index in [0.717, 1.165) is 11.1 Å². The molecule has 0 saturated carbocycles. The van der Waals surface area contributed by atoms with Gasteiger partial charge >= 0.3 is 115 Å². The summed E-state index contributed by atoms with van der Waals surface area (Å²) in [5.41, 5.74) is 3.54. The van der Waals surface area contributed by atoms with Crippen molar-refractivity contribution in [2.75, 3.05) is 26.2 Å². The Morgan fingerprint density at radius 1 is 0.846 bits per heavy atom. The Hall–Kier alpha value is -0.357. The zero-order valence-corrected chi connectivity index (χ0v) is 31.7. The summed E-state index contributed by atoms with van der Waals surface area (Å²) in [7, 11) is 2.68. The molecule has 0 atom stereocenters. The summed E-state index contributed by atoms with van der Waals surface area (Å²) < 4.78 is 14.5. The minimum absolute atomic E-state index is 0. The Morgan fingerprint density at radius 3 is 1.51 bits per heavy atom. The number of rotatable bonds is 7. The van der Waals surface area contributed by atoms with E-state index in [-0.39, 0.29) is 122 Å². The van der Waals surface area contributed by atoms with Crippen LogP contribution in [0, 0.1) is 0 Å². The third-order valence-electron chi connectivity index (χ3n) is 3.83. The first kappa shape index (κ1) is 45.6. The van der Waals surface area contributed by atoms with Crippen molar-refractivity contribution >= 4 is 34.3 Å². The second-order valence-electron chi connectivity index (χ2n) is 7.28. The number of hydrogen-bond donors (Lipinski definition) is 1. The molecule has 0 aliphatic carbocycles. The van der Waals surface area contributed by atoms with E-state index in [4.69, 9.17) is 19.9 Å². The van der Waals surface area contributed by atoms with Gasteiger partial charge in [0.15, 0.2) is 0 Å². The van der Waals surface area contributed by atoms with Gasteiger partial charge < -0.3 is 30.9 Å². The predicted octanol–water partition coefficient (Wildman–Crippen LogP) is -1.10. The molecular weight excluding hydrogens is 626 g/mol. The van der Waals surface area contributed by atoms with Crippen molar-refractivity contribution < 1.29 is 148 Å². The number of allylic oxidation sites excluding steroid dienone is 3. The molecule has 12 heteroatoms. The van der Waals surface area contributed by atoms with Crippen molar-refractivity contribution in [2.24, 2.45) is 0 Å². The largest absolute Gasteiger partial charge is 1.00 e. The molecule has 39 heavy (non-hydrogen) atoms. The molecule has 9 nitrogen and oxygen atoms in total. The number of benzene rings is 2. The summed E-state index contributed by atoms with van der Waals surface area (Å²) in [6, 6.07) is 12.8. The fourth-order valence-corrected chi connectivity index (χ4v) is 2.63. The van der Waals surface area contributed by atoms with Gasteiger partial charge in [-0.3, -0.25) is 4.79 Å². The van der Waals surface area contributed by atoms with Crippen LogP contribution in [-0.2, 0) is 19.2 Å². The average molecular weight is 662 g/mol. The standard InChI is InChI=1S/C13H16O3.C8H8O3.C5H9Br.CH2O3.2K.H/c1-10(2)8-9-16-12-6-4-11(5-7-12)13(14)15-3;1-11-8(10)6-2-4-7(9)5-3-6;1-5(2)3-4-6;2-1-4-3;;;/h4-8H,9H2,1-3H3;2-5,9H,1H3;3H,4H2,1-2H3;1,3H;;;/q;;;;2*+1;-1/p-1. The monoisotopic (exact) mass is 660 g/mol. The van der Waals surface area contributed by atoms with E-state index in [1.807, 2.05) is 19.9 Å². The Kier molecular flexibility index (Phi) is 35.8. The Balaban J connectivity index is -0.000000149. The number of phenolic OH excluding ortho intramolecular Hbond substituents is 1. The van der Waals surface area contributed by atoms with Crippen LogP contribution in [0.1, 0.15) is 49.8 Å². The smallest absolute Gasteiger partial charge is 1.00 e. The average Bonchev–Trinajstić information content (AvgIpc) is 2.89. The van der Waals surface area contributed by atoms with Crippen LogP contribution >= 0.6 is 15.9 Å². The van der Waals surface area contributed by atoms with Gasteiger partial charge in [0.05, 0.1) is 25.3 Å². The number of alkyl halides is 1. The van der Waals surface area contributed by atoms with Gasteiger partial charge in [-0.1, -0.05) is 33.2 Å². The number of aromatic hydroxyl groups is 1. The van der Waals surface area contributed by atoms with E-state index in [2.05, 4.69) is 50.2 Å². The molecule has 206 valence electrons. The number of phenols is 1. The predicted molar refractivity (Wildman–Crippen MR) is 144 cm³/mol. The molecule has 0 heterocycles. The van der Waals surface area contributed by atoms with E-state index in [1.54, 1.807) is 24.3 Å². The number of ether oxygens (including phenoxy) is 3. The van der Waals surface area contributed by atoms with Gasteiger partial charge in [0.1, 0.15) is 18.1 Å². The zero-order valence-electron chi connectivity index (χ0n) is 24.9. The minimum atomic E-state index is -0.398. The molecule has 2 rings (SSSR count). The zero-order chi connectivity index (χ0) is 28.6. The summed E-state index contributed by atoms with van der Waals surface area (Å²) in [6.45, 7) is 8.57. The first-order valence-electron chi connectivity index (χ1n) is 10.8. The van der Waals surface area contributed by atoms with Gasteiger partial charge in [-0.15, -0.1) is 0 Å². The van der Waals surface area contributed by atoms with Crippen LogP contribution in [0.5, 0.6) is 11.5 Å². The van der Waals surface area contributed by atoms with E-state index < -0.39 is 5.97 Å². The van der Waals surface area contributed by atoms with Crippen LogP contribution in [-0.4, -0.2) is 49.7 Å². The van der Waals surface area contributed by atoms with E-state index in [1.165, 1.54) is 49.6 Å². The van der Waals surface area contributed by atoms with Crippen LogP contribution in [0.4, 0.5) is 0 Å². The molecule has 0 aliphatic heterocycles. The van der Waals surface area contributed by atoms with Crippen molar-refractivity contribution in [1.29, 1.82) is 0 Å². The summed E-state index contributed by atoms with van der Waals surface area (Å²) >= 11 is 3.27. The molecular formula is C27H35BrK2O9. The first-order valence-corrected chi connectivity index (χ1v) is 11.9. The number of hydrogen-bond acceptors (Lipinski definition) is 9. The molecule has 0 bridgehead atoms. The summed E-state index contributed by atoms with van der Waals surface area (Å²) in [5, 5.41) is 18.3. The molecule has 0 radical (unpaired) electrons. The van der Waals surface area contributed by atoms with Gasteiger partial charge in [0.2, 0.25) is 0 Å². The Bertz CT molecular complexity index is 977. The molecule has 1 N–H and O–H groups in total. The van der Waals surface area contributed by atoms with Crippen LogP contribution in [0.15, 0.2) is 71.8 Å². The molecule has 2 aromatic rings. The fraction of sp³-hybridized carbons (Fsp3) is 0.296. The summed E-state index contributed by atoms with van der Waals surface area (Å²) in [6.07, 6.45) is 4.12. The number of methoxy groups -OCH3 is 2. The number of esters is 2. The second kappa shape index (κ2) is 30.6. The van der Waals surface area contributed by atoms with Crippen molar-refractivity contribution in [3.63, 3.8) is 0 Å². The number of carbonyl (C=O) groups is 3. The maximum Gasteiger partial charge on any atom is 1.00 e.